The van der Waals surface area contributed by atoms with E-state index in [0.717, 1.165) is 6.07 Å². The van der Waals surface area contributed by atoms with E-state index in [4.69, 9.17) is 0 Å². The maximum absolute atomic E-state index is 13.0. The largest absolute Gasteiger partial charge is 0.300 e. The van der Waals surface area contributed by atoms with Crippen LogP contribution in [0.2, 0.25) is 0 Å². The molecule has 4 heteroatoms. The summed E-state index contributed by atoms with van der Waals surface area (Å²) < 4.78 is 37.2. The lowest BCUT2D eigenvalue weighted by molar-refractivity contribution is 0.0678. The smallest absolute Gasteiger partial charge is 0.288 e. The number of hydrogen-bond acceptors (Lipinski definition) is 1. The number of carbonyl (C=O) groups excluding carboxylic acids is 1. The third-order valence-electron chi connectivity index (χ3n) is 2.07. The van der Waals surface area contributed by atoms with Gasteiger partial charge in [0.15, 0.2) is 0 Å². The van der Waals surface area contributed by atoms with Crippen LogP contribution in [0, 0.1) is 5.82 Å². The molecule has 0 saturated heterocycles. The highest BCUT2D eigenvalue weighted by molar-refractivity contribution is 5.98. The second-order valence-electron chi connectivity index (χ2n) is 3.59. The molecule has 0 aliphatic heterocycles. The van der Waals surface area contributed by atoms with Crippen LogP contribution in [0.1, 0.15) is 35.7 Å². The molecule has 1 aromatic carbocycles. The molecule has 0 heterocycles. The third-order valence-corrected chi connectivity index (χ3v) is 2.07. The van der Waals surface area contributed by atoms with Crippen LogP contribution >= 0.6 is 0 Å². The lowest BCUT2D eigenvalue weighted by Gasteiger charge is -2.07. The number of benzene rings is 1. The molecular weight excluding hydrogens is 205 g/mol. The zero-order chi connectivity index (χ0) is 11.6. The Kier molecular flexibility index (Phi) is 3.50. The molecule has 0 aliphatic carbocycles. The molecule has 1 aromatic rings. The molecular formula is C11H11F3O. The van der Waals surface area contributed by atoms with Crippen LogP contribution in [-0.4, -0.2) is 12.2 Å². The minimum atomic E-state index is -3.09. The molecule has 0 atom stereocenters. The van der Waals surface area contributed by atoms with Gasteiger partial charge in [-0.15, -0.1) is 0 Å². The van der Waals surface area contributed by atoms with Gasteiger partial charge >= 0.3 is 6.43 Å². The molecule has 0 saturated carbocycles. The van der Waals surface area contributed by atoms with E-state index in [0.29, 0.717) is 5.56 Å². The number of halogens is 3. The molecule has 0 aromatic heterocycles. The first-order valence-electron chi connectivity index (χ1n) is 4.54. The van der Waals surface area contributed by atoms with Gasteiger partial charge in [0.1, 0.15) is 5.82 Å². The molecule has 1 nitrogen and oxygen atoms in total. The van der Waals surface area contributed by atoms with E-state index in [-0.39, 0.29) is 11.5 Å². The summed E-state index contributed by atoms with van der Waals surface area (Å²) >= 11 is 0. The Labute approximate surface area is 85.9 Å². The van der Waals surface area contributed by atoms with Gasteiger partial charge in [0.25, 0.3) is 0 Å². The molecule has 0 unspecified atom stereocenters. The lowest BCUT2D eigenvalue weighted by atomic mass is 9.99. The van der Waals surface area contributed by atoms with Crippen LogP contribution in [0.3, 0.4) is 0 Å². The zero-order valence-electron chi connectivity index (χ0n) is 8.43. The molecule has 1 rings (SSSR count). The second kappa shape index (κ2) is 4.47. The molecule has 0 aliphatic rings. The van der Waals surface area contributed by atoms with Crippen molar-refractivity contribution in [1.82, 2.24) is 0 Å². The number of rotatable bonds is 3. The summed E-state index contributed by atoms with van der Waals surface area (Å²) in [6.07, 6.45) is -3.09. The van der Waals surface area contributed by atoms with Crippen molar-refractivity contribution < 1.29 is 18.0 Å². The summed E-state index contributed by atoms with van der Waals surface area (Å²) in [6.45, 7) is 3.59. The predicted octanol–water partition coefficient (Wildman–Crippen LogP) is 3.40. The lowest BCUT2D eigenvalue weighted by Crippen LogP contribution is -2.11. The topological polar surface area (TPSA) is 17.1 Å². The quantitative estimate of drug-likeness (QED) is 0.708. The van der Waals surface area contributed by atoms with Gasteiger partial charge in [0, 0.05) is 5.56 Å². The average Bonchev–Trinajstić information content (AvgIpc) is 2.15. The van der Waals surface area contributed by atoms with Crippen LogP contribution in [0.25, 0.3) is 0 Å². The standard InChI is InChI=1S/C11H11F3O/c1-6(2)7-3-8(5-9(12)4-7)10(15)11(13)14/h3-6,11H,1-2H3. The van der Waals surface area contributed by atoms with Gasteiger partial charge in [-0.2, -0.15) is 0 Å². The molecule has 82 valence electrons. The first kappa shape index (κ1) is 11.8. The maximum atomic E-state index is 13.0. The van der Waals surface area contributed by atoms with Crippen molar-refractivity contribution >= 4 is 5.78 Å². The summed E-state index contributed by atoms with van der Waals surface area (Å²) in [5.74, 6) is -2.01. The Morgan fingerprint density at radius 3 is 2.27 bits per heavy atom. The monoisotopic (exact) mass is 216 g/mol. The van der Waals surface area contributed by atoms with Crippen molar-refractivity contribution in [3.63, 3.8) is 0 Å². The number of carbonyl (C=O) groups is 1. The van der Waals surface area contributed by atoms with Crippen LogP contribution in [-0.2, 0) is 0 Å². The molecule has 0 radical (unpaired) electrons. The van der Waals surface area contributed by atoms with Gasteiger partial charge in [-0.1, -0.05) is 13.8 Å². The van der Waals surface area contributed by atoms with Gasteiger partial charge < -0.3 is 0 Å². The normalized spacial score (nSPS) is 11.1. The van der Waals surface area contributed by atoms with Gasteiger partial charge in [-0.25, -0.2) is 13.2 Å². The fraction of sp³-hybridized carbons (Fsp3) is 0.364. The van der Waals surface area contributed by atoms with Crippen molar-refractivity contribution in [3.8, 4) is 0 Å². The Bertz CT molecular complexity index is 372. The van der Waals surface area contributed by atoms with E-state index in [2.05, 4.69) is 0 Å². The zero-order valence-corrected chi connectivity index (χ0v) is 8.43. The third kappa shape index (κ3) is 2.81. The Hall–Kier alpha value is -1.32. The van der Waals surface area contributed by atoms with Crippen molar-refractivity contribution in [3.05, 3.63) is 35.1 Å². The van der Waals surface area contributed by atoms with Crippen molar-refractivity contribution in [2.75, 3.05) is 0 Å². The van der Waals surface area contributed by atoms with E-state index in [9.17, 15) is 18.0 Å². The fourth-order valence-corrected chi connectivity index (χ4v) is 1.21. The van der Waals surface area contributed by atoms with E-state index in [1.54, 1.807) is 13.8 Å². The van der Waals surface area contributed by atoms with Crippen molar-refractivity contribution in [2.45, 2.75) is 26.2 Å². The van der Waals surface area contributed by atoms with Crippen LogP contribution in [0.15, 0.2) is 18.2 Å². The Morgan fingerprint density at radius 1 is 1.20 bits per heavy atom. The molecule has 0 N–H and O–H groups in total. The van der Waals surface area contributed by atoms with Crippen molar-refractivity contribution in [2.24, 2.45) is 0 Å². The van der Waals surface area contributed by atoms with Gasteiger partial charge in [0.2, 0.25) is 5.78 Å². The molecule has 0 amide bonds. The SMILES string of the molecule is CC(C)c1cc(F)cc(C(=O)C(F)F)c1. The van der Waals surface area contributed by atoms with E-state index >= 15 is 0 Å². The molecule has 0 fully saturated rings. The van der Waals surface area contributed by atoms with Gasteiger partial charge in [-0.05, 0) is 29.7 Å². The summed E-state index contributed by atoms with van der Waals surface area (Å²) in [5, 5.41) is 0. The predicted molar refractivity (Wildman–Crippen MR) is 50.8 cm³/mol. The van der Waals surface area contributed by atoms with E-state index in [1.807, 2.05) is 0 Å². The van der Waals surface area contributed by atoms with E-state index < -0.39 is 18.0 Å². The average molecular weight is 216 g/mol. The first-order valence-corrected chi connectivity index (χ1v) is 4.54. The molecule has 15 heavy (non-hydrogen) atoms. The highest BCUT2D eigenvalue weighted by Gasteiger charge is 2.19. The van der Waals surface area contributed by atoms with Gasteiger partial charge in [-0.3, -0.25) is 4.79 Å². The number of Topliss-reactive ketones (excluding diaryl/α,β-unsaturated/α-hetero) is 1. The summed E-state index contributed by atoms with van der Waals surface area (Å²) in [7, 11) is 0. The maximum Gasteiger partial charge on any atom is 0.300 e. The minimum absolute atomic E-state index is 0.00933. The second-order valence-corrected chi connectivity index (χ2v) is 3.59. The first-order chi connectivity index (χ1) is 6.91. The number of alkyl halides is 2. The van der Waals surface area contributed by atoms with Crippen LogP contribution in [0.4, 0.5) is 13.2 Å². The number of ketones is 1. The van der Waals surface area contributed by atoms with Crippen LogP contribution in [0.5, 0.6) is 0 Å². The summed E-state index contributed by atoms with van der Waals surface area (Å²) in [6, 6.07) is 3.38. The van der Waals surface area contributed by atoms with Crippen molar-refractivity contribution in [1.29, 1.82) is 0 Å². The highest BCUT2D eigenvalue weighted by Crippen LogP contribution is 2.19. The molecule has 0 spiro atoms. The number of hydrogen-bond donors (Lipinski definition) is 0. The fourth-order valence-electron chi connectivity index (χ4n) is 1.21. The Morgan fingerprint density at radius 2 is 1.80 bits per heavy atom. The summed E-state index contributed by atoms with van der Waals surface area (Å²) in [4.78, 5) is 11.0. The van der Waals surface area contributed by atoms with Crippen LogP contribution < -0.4 is 0 Å². The van der Waals surface area contributed by atoms with Gasteiger partial charge in [0.05, 0.1) is 0 Å². The minimum Gasteiger partial charge on any atom is -0.288 e. The van der Waals surface area contributed by atoms with E-state index in [1.165, 1.54) is 12.1 Å². The summed E-state index contributed by atoms with van der Waals surface area (Å²) in [5.41, 5.74) is 0.271. The molecule has 0 bridgehead atoms. The Balaban J connectivity index is 3.14. The highest BCUT2D eigenvalue weighted by atomic mass is 19.3.